The summed E-state index contributed by atoms with van der Waals surface area (Å²) in [4.78, 5) is 24.5. The Labute approximate surface area is 129 Å². The molecule has 1 fully saturated rings. The van der Waals surface area contributed by atoms with E-state index < -0.39 is 12.0 Å². The summed E-state index contributed by atoms with van der Waals surface area (Å²) in [6, 6.07) is -0.919. The van der Waals surface area contributed by atoms with Gasteiger partial charge in [-0.05, 0) is 24.9 Å². The molecule has 0 saturated carbocycles. The van der Waals surface area contributed by atoms with Gasteiger partial charge in [-0.25, -0.2) is 9.59 Å². The number of carbonyl (C=O) groups excluding carboxylic acids is 1. The van der Waals surface area contributed by atoms with Crippen LogP contribution in [0.3, 0.4) is 0 Å². The number of unbranched alkanes of at least 4 members (excludes halogenated alkanes) is 3. The fourth-order valence-electron chi connectivity index (χ4n) is 2.07. The summed E-state index contributed by atoms with van der Waals surface area (Å²) < 4.78 is 0. The Morgan fingerprint density at radius 1 is 1.35 bits per heavy atom. The molecular formula is C13H24N2O3S2. The number of amides is 2. The minimum atomic E-state index is -0.913. The van der Waals surface area contributed by atoms with Crippen LogP contribution in [0, 0.1) is 0 Å². The van der Waals surface area contributed by atoms with Gasteiger partial charge in [0.1, 0.15) is 6.04 Å². The van der Waals surface area contributed by atoms with E-state index in [1.54, 1.807) is 11.8 Å². The molecule has 1 aliphatic heterocycles. The van der Waals surface area contributed by atoms with Crippen LogP contribution in [0.5, 0.6) is 0 Å². The first-order chi connectivity index (χ1) is 9.66. The maximum Gasteiger partial charge on any atom is 0.327 e. The van der Waals surface area contributed by atoms with Crippen LogP contribution in [0.4, 0.5) is 4.79 Å². The van der Waals surface area contributed by atoms with E-state index in [0.717, 1.165) is 18.6 Å². The van der Waals surface area contributed by atoms with Crippen LogP contribution in [0.15, 0.2) is 0 Å². The summed E-state index contributed by atoms with van der Waals surface area (Å²) in [7, 11) is 0. The van der Waals surface area contributed by atoms with Gasteiger partial charge in [-0.1, -0.05) is 12.8 Å². The van der Waals surface area contributed by atoms with Crippen molar-refractivity contribution in [3.05, 3.63) is 0 Å². The standard InChI is InChI=1S/C13H24N2O3S2/c1-19-8-5-3-2-4-6-14-13(18)15-7-9-20-10-11(15)12(16)17/h11H,2-10H2,1H3,(H,14,18)(H,16,17). The minimum absolute atomic E-state index is 0.234. The predicted molar refractivity (Wildman–Crippen MR) is 85.7 cm³/mol. The number of hydrogen-bond acceptors (Lipinski definition) is 4. The molecule has 0 bridgehead atoms. The summed E-state index contributed by atoms with van der Waals surface area (Å²) in [5.41, 5.74) is 0. The van der Waals surface area contributed by atoms with Crippen molar-refractivity contribution in [2.75, 3.05) is 36.6 Å². The van der Waals surface area contributed by atoms with Gasteiger partial charge >= 0.3 is 12.0 Å². The predicted octanol–water partition coefficient (Wildman–Crippen LogP) is 2.12. The van der Waals surface area contributed by atoms with Crippen molar-refractivity contribution in [1.82, 2.24) is 10.2 Å². The molecule has 5 nitrogen and oxygen atoms in total. The van der Waals surface area contributed by atoms with Crippen LogP contribution in [0.1, 0.15) is 25.7 Å². The molecule has 2 amide bonds. The molecule has 2 N–H and O–H groups in total. The number of carboxylic acid groups (broad SMARTS) is 1. The van der Waals surface area contributed by atoms with E-state index in [9.17, 15) is 9.59 Å². The smallest absolute Gasteiger partial charge is 0.327 e. The molecule has 1 unspecified atom stereocenters. The van der Waals surface area contributed by atoms with Crippen LogP contribution in [-0.4, -0.2) is 64.7 Å². The zero-order valence-corrected chi connectivity index (χ0v) is 13.6. The Kier molecular flexibility index (Phi) is 8.93. The van der Waals surface area contributed by atoms with E-state index in [1.807, 2.05) is 11.8 Å². The number of nitrogens with zero attached hydrogens (tertiary/aromatic N) is 1. The van der Waals surface area contributed by atoms with E-state index in [4.69, 9.17) is 5.11 Å². The van der Waals surface area contributed by atoms with E-state index >= 15 is 0 Å². The van der Waals surface area contributed by atoms with Crippen LogP contribution < -0.4 is 5.32 Å². The van der Waals surface area contributed by atoms with Crippen LogP contribution in [0.25, 0.3) is 0 Å². The van der Waals surface area contributed by atoms with Gasteiger partial charge in [0.2, 0.25) is 0 Å². The fraction of sp³-hybridized carbons (Fsp3) is 0.846. The van der Waals surface area contributed by atoms with Crippen molar-refractivity contribution in [3.8, 4) is 0 Å². The lowest BCUT2D eigenvalue weighted by molar-refractivity contribution is -0.141. The number of aliphatic carboxylic acids is 1. The van der Waals surface area contributed by atoms with E-state index in [1.165, 1.54) is 23.5 Å². The van der Waals surface area contributed by atoms with Crippen molar-refractivity contribution in [3.63, 3.8) is 0 Å². The number of nitrogens with one attached hydrogen (secondary N) is 1. The maximum atomic E-state index is 12.0. The van der Waals surface area contributed by atoms with Gasteiger partial charge in [-0.15, -0.1) is 0 Å². The summed E-state index contributed by atoms with van der Waals surface area (Å²) in [5.74, 6) is 1.57. The number of carboxylic acids is 1. The number of hydrogen-bond donors (Lipinski definition) is 2. The first-order valence-corrected chi connectivity index (χ1v) is 9.55. The van der Waals surface area contributed by atoms with Gasteiger partial charge in [0, 0.05) is 24.6 Å². The maximum absolute atomic E-state index is 12.0. The normalized spacial score (nSPS) is 18.9. The number of carbonyl (C=O) groups is 2. The molecule has 7 heteroatoms. The molecule has 1 saturated heterocycles. The quantitative estimate of drug-likeness (QED) is 0.671. The number of rotatable bonds is 8. The van der Waals surface area contributed by atoms with E-state index in [0.29, 0.717) is 18.8 Å². The molecule has 0 spiro atoms. The molecule has 1 aliphatic rings. The molecule has 0 aromatic carbocycles. The molecule has 0 aromatic rings. The monoisotopic (exact) mass is 320 g/mol. The topological polar surface area (TPSA) is 69.6 Å². The van der Waals surface area contributed by atoms with Crippen molar-refractivity contribution < 1.29 is 14.7 Å². The first kappa shape index (κ1) is 17.5. The Bertz CT molecular complexity index is 316. The average molecular weight is 320 g/mol. The molecule has 1 atom stereocenters. The van der Waals surface area contributed by atoms with Crippen molar-refractivity contribution in [1.29, 1.82) is 0 Å². The number of thioether (sulfide) groups is 2. The van der Waals surface area contributed by atoms with Crippen molar-refractivity contribution in [2.45, 2.75) is 31.7 Å². The Morgan fingerprint density at radius 3 is 2.80 bits per heavy atom. The molecule has 116 valence electrons. The van der Waals surface area contributed by atoms with Crippen LogP contribution in [-0.2, 0) is 4.79 Å². The van der Waals surface area contributed by atoms with Gasteiger partial charge < -0.3 is 15.3 Å². The van der Waals surface area contributed by atoms with Gasteiger partial charge in [0.05, 0.1) is 0 Å². The third-order valence-electron chi connectivity index (χ3n) is 3.23. The third-order valence-corrected chi connectivity index (χ3v) is 4.95. The van der Waals surface area contributed by atoms with Crippen LogP contribution in [0.2, 0.25) is 0 Å². The second-order valence-corrected chi connectivity index (χ2v) is 6.90. The highest BCUT2D eigenvalue weighted by Crippen LogP contribution is 2.16. The lowest BCUT2D eigenvalue weighted by Gasteiger charge is -2.32. The minimum Gasteiger partial charge on any atom is -0.480 e. The zero-order chi connectivity index (χ0) is 14.8. The molecule has 0 aliphatic carbocycles. The highest BCUT2D eigenvalue weighted by molar-refractivity contribution is 7.99. The summed E-state index contributed by atoms with van der Waals surface area (Å²) in [5, 5.41) is 11.9. The van der Waals surface area contributed by atoms with Gasteiger partial charge in [0.25, 0.3) is 0 Å². The fourth-order valence-corrected chi connectivity index (χ4v) is 3.60. The second kappa shape index (κ2) is 10.2. The van der Waals surface area contributed by atoms with Crippen molar-refractivity contribution >= 4 is 35.5 Å². The highest BCUT2D eigenvalue weighted by atomic mass is 32.2. The Hall–Kier alpha value is -0.560. The Balaban J connectivity index is 2.19. The van der Waals surface area contributed by atoms with Gasteiger partial charge in [-0.3, -0.25) is 0 Å². The highest BCUT2D eigenvalue weighted by Gasteiger charge is 2.32. The largest absolute Gasteiger partial charge is 0.480 e. The second-order valence-electron chi connectivity index (χ2n) is 4.76. The Morgan fingerprint density at radius 2 is 2.10 bits per heavy atom. The molecule has 1 heterocycles. The van der Waals surface area contributed by atoms with Crippen molar-refractivity contribution in [2.24, 2.45) is 0 Å². The van der Waals surface area contributed by atoms with Gasteiger partial charge in [0.15, 0.2) is 0 Å². The molecule has 0 radical (unpaired) electrons. The average Bonchev–Trinajstić information content (AvgIpc) is 2.46. The third kappa shape index (κ3) is 6.26. The molecular weight excluding hydrogens is 296 g/mol. The molecule has 0 aromatic heterocycles. The lowest BCUT2D eigenvalue weighted by atomic mass is 10.2. The summed E-state index contributed by atoms with van der Waals surface area (Å²) in [6.45, 7) is 1.15. The van der Waals surface area contributed by atoms with E-state index in [-0.39, 0.29) is 6.03 Å². The van der Waals surface area contributed by atoms with E-state index in [2.05, 4.69) is 11.6 Å². The summed E-state index contributed by atoms with van der Waals surface area (Å²) in [6.07, 6.45) is 6.59. The molecule has 1 rings (SSSR count). The van der Waals surface area contributed by atoms with Crippen LogP contribution >= 0.6 is 23.5 Å². The first-order valence-electron chi connectivity index (χ1n) is 7.00. The van der Waals surface area contributed by atoms with Gasteiger partial charge in [-0.2, -0.15) is 23.5 Å². The molecule has 20 heavy (non-hydrogen) atoms. The summed E-state index contributed by atoms with van der Waals surface area (Å²) >= 11 is 3.45. The zero-order valence-electron chi connectivity index (χ0n) is 12.0. The lowest BCUT2D eigenvalue weighted by Crippen LogP contribution is -2.53. The SMILES string of the molecule is CSCCCCCCNC(=O)N1CCSCC1C(=O)O. The number of urea groups is 1.